The molecule has 0 amide bonds. The van der Waals surface area contributed by atoms with Crippen molar-refractivity contribution in [3.05, 3.63) is 33.9 Å². The van der Waals surface area contributed by atoms with Crippen LogP contribution in [0.2, 0.25) is 5.02 Å². The summed E-state index contributed by atoms with van der Waals surface area (Å²) in [5.74, 6) is 2.36. The van der Waals surface area contributed by atoms with Gasteiger partial charge < -0.3 is 9.64 Å². The molecule has 5 heterocycles. The third kappa shape index (κ3) is 4.32. The topological polar surface area (TPSA) is 80.6 Å². The third-order valence-electron chi connectivity index (χ3n) is 6.49. The number of aromatic nitrogens is 3. The van der Waals surface area contributed by atoms with Crippen molar-refractivity contribution in [3.8, 4) is 0 Å². The zero-order chi connectivity index (χ0) is 22.4. The SMILES string of the molecule is O=S1CCc2nc(N3CCC(c4nc5cc(Cl)ccc5s4)CC3)nc(N=C3CCOCC3)c21. The van der Waals surface area contributed by atoms with Crippen LogP contribution in [0, 0.1) is 0 Å². The first-order chi connectivity index (χ1) is 16.1. The van der Waals surface area contributed by atoms with Crippen LogP contribution >= 0.6 is 22.9 Å². The van der Waals surface area contributed by atoms with Gasteiger partial charge in [-0.05, 0) is 31.0 Å². The predicted molar refractivity (Wildman–Crippen MR) is 133 cm³/mol. The summed E-state index contributed by atoms with van der Waals surface area (Å²) < 4.78 is 19.3. The molecule has 3 aliphatic heterocycles. The lowest BCUT2D eigenvalue weighted by molar-refractivity contribution is 0.135. The summed E-state index contributed by atoms with van der Waals surface area (Å²) in [6.45, 7) is 3.11. The van der Waals surface area contributed by atoms with Crippen molar-refractivity contribution in [3.63, 3.8) is 0 Å². The lowest BCUT2D eigenvalue weighted by Crippen LogP contribution is -2.34. The average Bonchev–Trinajstić information content (AvgIpc) is 3.43. The lowest BCUT2D eigenvalue weighted by Gasteiger charge is -2.31. The van der Waals surface area contributed by atoms with Crippen molar-refractivity contribution in [1.29, 1.82) is 0 Å². The quantitative estimate of drug-likeness (QED) is 0.518. The molecule has 10 heteroatoms. The highest BCUT2D eigenvalue weighted by Gasteiger charge is 2.30. The van der Waals surface area contributed by atoms with Gasteiger partial charge in [-0.1, -0.05) is 11.6 Å². The van der Waals surface area contributed by atoms with Crippen LogP contribution in [-0.4, -0.2) is 56.9 Å². The maximum absolute atomic E-state index is 12.6. The van der Waals surface area contributed by atoms with Crippen molar-refractivity contribution in [1.82, 2.24) is 15.0 Å². The molecule has 3 aliphatic rings. The number of anilines is 1. The Morgan fingerprint density at radius 2 is 1.94 bits per heavy atom. The van der Waals surface area contributed by atoms with E-state index in [-0.39, 0.29) is 0 Å². The number of hydrogen-bond acceptors (Lipinski definition) is 8. The third-order valence-corrected chi connectivity index (χ3v) is 9.37. The van der Waals surface area contributed by atoms with Gasteiger partial charge in [-0.3, -0.25) is 4.21 Å². The number of piperidine rings is 1. The Bertz CT molecular complexity index is 1260. The van der Waals surface area contributed by atoms with E-state index in [9.17, 15) is 4.21 Å². The fraction of sp³-hybridized carbons (Fsp3) is 0.478. The fourth-order valence-corrected chi connectivity index (χ4v) is 7.24. The molecular weight excluding hydrogens is 478 g/mol. The van der Waals surface area contributed by atoms with Gasteiger partial charge in [-0.15, -0.1) is 11.3 Å². The Labute approximate surface area is 203 Å². The number of hydrogen-bond donors (Lipinski definition) is 0. The standard InChI is InChI=1S/C23H24ClN5O2S2/c24-15-1-2-19-18(13-15)26-22(32-19)14-3-8-29(9-4-14)23-27-17-7-12-33(30)20(17)21(28-23)25-16-5-10-31-11-6-16/h1-2,13-14H,3-12H2. The normalized spacial score (nSPS) is 21.5. The van der Waals surface area contributed by atoms with E-state index < -0.39 is 10.8 Å². The van der Waals surface area contributed by atoms with Crippen LogP contribution in [-0.2, 0) is 22.0 Å². The first kappa shape index (κ1) is 21.6. The molecule has 1 unspecified atom stereocenters. The summed E-state index contributed by atoms with van der Waals surface area (Å²) in [4.78, 5) is 22.3. The molecule has 2 saturated heterocycles. The fourth-order valence-electron chi connectivity index (χ4n) is 4.67. The van der Waals surface area contributed by atoms with Gasteiger partial charge in [0.15, 0.2) is 5.82 Å². The predicted octanol–water partition coefficient (Wildman–Crippen LogP) is 4.67. The molecule has 2 fully saturated rings. The van der Waals surface area contributed by atoms with E-state index in [0.29, 0.717) is 36.7 Å². The minimum absolute atomic E-state index is 0.432. The van der Waals surface area contributed by atoms with Gasteiger partial charge in [0.05, 0.1) is 44.9 Å². The molecule has 1 atom stereocenters. The largest absolute Gasteiger partial charge is 0.381 e. The van der Waals surface area contributed by atoms with Gasteiger partial charge in [0.2, 0.25) is 5.95 Å². The van der Waals surface area contributed by atoms with Crippen molar-refractivity contribution in [2.24, 2.45) is 4.99 Å². The van der Waals surface area contributed by atoms with Gasteiger partial charge in [-0.25, -0.2) is 15.0 Å². The van der Waals surface area contributed by atoms with Gasteiger partial charge in [0, 0.05) is 54.8 Å². The monoisotopic (exact) mass is 501 g/mol. The number of aryl methyl sites for hydroxylation is 1. The first-order valence-electron chi connectivity index (χ1n) is 11.4. The van der Waals surface area contributed by atoms with Gasteiger partial charge in [0.1, 0.15) is 4.90 Å². The molecule has 0 aliphatic carbocycles. The molecule has 0 radical (unpaired) electrons. The second kappa shape index (κ2) is 9.02. The zero-order valence-corrected chi connectivity index (χ0v) is 20.5. The van der Waals surface area contributed by atoms with Gasteiger partial charge in [0.25, 0.3) is 0 Å². The van der Waals surface area contributed by atoms with Crippen LogP contribution in [0.5, 0.6) is 0 Å². The molecule has 2 aromatic heterocycles. The number of fused-ring (bicyclic) bond motifs is 2. The van der Waals surface area contributed by atoms with Crippen molar-refractivity contribution >= 4 is 61.4 Å². The number of halogens is 1. The molecular formula is C23H24ClN5O2S2. The molecule has 0 N–H and O–H groups in total. The summed E-state index contributed by atoms with van der Waals surface area (Å²) in [6, 6.07) is 5.92. The highest BCUT2D eigenvalue weighted by atomic mass is 35.5. The molecule has 0 bridgehead atoms. The van der Waals surface area contributed by atoms with Crippen molar-refractivity contribution in [2.75, 3.05) is 37.0 Å². The maximum Gasteiger partial charge on any atom is 0.227 e. The van der Waals surface area contributed by atoms with Gasteiger partial charge >= 0.3 is 0 Å². The molecule has 6 rings (SSSR count). The van der Waals surface area contributed by atoms with E-state index in [1.807, 2.05) is 12.1 Å². The molecule has 172 valence electrons. The second-order valence-electron chi connectivity index (χ2n) is 8.64. The summed E-state index contributed by atoms with van der Waals surface area (Å²) in [6.07, 6.45) is 4.34. The zero-order valence-electron chi connectivity index (χ0n) is 18.1. The molecule has 1 aromatic carbocycles. The number of rotatable bonds is 3. The van der Waals surface area contributed by atoms with E-state index >= 15 is 0 Å². The number of benzene rings is 1. The Morgan fingerprint density at radius 1 is 1.12 bits per heavy atom. The number of thiazole rings is 1. The lowest BCUT2D eigenvalue weighted by atomic mass is 9.98. The van der Waals surface area contributed by atoms with E-state index in [1.165, 1.54) is 9.71 Å². The highest BCUT2D eigenvalue weighted by molar-refractivity contribution is 7.85. The van der Waals surface area contributed by atoms with E-state index in [2.05, 4.69) is 11.0 Å². The van der Waals surface area contributed by atoms with Crippen LogP contribution in [0.4, 0.5) is 11.8 Å². The summed E-state index contributed by atoms with van der Waals surface area (Å²) in [5, 5.41) is 1.91. The minimum Gasteiger partial charge on any atom is -0.381 e. The van der Waals surface area contributed by atoms with Crippen LogP contribution in [0.15, 0.2) is 28.1 Å². The number of nitrogens with zero attached hydrogens (tertiary/aromatic N) is 5. The van der Waals surface area contributed by atoms with Crippen LogP contribution < -0.4 is 4.90 Å². The van der Waals surface area contributed by atoms with Gasteiger partial charge in [-0.2, -0.15) is 4.98 Å². The molecule has 7 nitrogen and oxygen atoms in total. The first-order valence-corrected chi connectivity index (χ1v) is 13.9. The number of ether oxygens (including phenoxy) is 1. The Hall–Kier alpha value is -1.94. The maximum atomic E-state index is 12.6. The van der Waals surface area contributed by atoms with Crippen LogP contribution in [0.1, 0.15) is 42.3 Å². The van der Waals surface area contributed by atoms with E-state index in [0.717, 1.165) is 72.0 Å². The molecule has 3 aromatic rings. The Balaban J connectivity index is 1.24. The Morgan fingerprint density at radius 3 is 2.76 bits per heavy atom. The van der Waals surface area contributed by atoms with E-state index in [1.54, 1.807) is 11.3 Å². The highest BCUT2D eigenvalue weighted by Crippen LogP contribution is 2.37. The average molecular weight is 502 g/mol. The Kier molecular flexibility index (Phi) is 5.90. The number of aliphatic imine (C=N–C) groups is 1. The molecule has 0 saturated carbocycles. The summed E-state index contributed by atoms with van der Waals surface area (Å²) in [7, 11) is -1.07. The van der Waals surface area contributed by atoms with E-state index in [4.69, 9.17) is 36.3 Å². The van der Waals surface area contributed by atoms with Crippen molar-refractivity contribution in [2.45, 2.75) is 42.9 Å². The molecule has 33 heavy (non-hydrogen) atoms. The summed E-state index contributed by atoms with van der Waals surface area (Å²) in [5.41, 5.74) is 2.96. The molecule has 0 spiro atoms. The smallest absolute Gasteiger partial charge is 0.227 e. The minimum atomic E-state index is -1.07. The second-order valence-corrected chi connectivity index (χ2v) is 11.6. The van der Waals surface area contributed by atoms with Crippen molar-refractivity contribution < 1.29 is 8.95 Å². The van der Waals surface area contributed by atoms with Crippen LogP contribution in [0.3, 0.4) is 0 Å². The summed E-state index contributed by atoms with van der Waals surface area (Å²) >= 11 is 7.90. The van der Waals surface area contributed by atoms with Crippen LogP contribution in [0.25, 0.3) is 10.2 Å².